The molecule has 0 saturated carbocycles. The quantitative estimate of drug-likeness (QED) is 0.707. The lowest BCUT2D eigenvalue weighted by molar-refractivity contribution is -0.105. The summed E-state index contributed by atoms with van der Waals surface area (Å²) < 4.78 is 0. The third-order valence-corrected chi connectivity index (χ3v) is 2.08. The molecule has 2 aromatic carbocycles. The van der Waals surface area contributed by atoms with Crippen molar-refractivity contribution in [3.05, 3.63) is 36.4 Å². The molecule has 2 N–H and O–H groups in total. The van der Waals surface area contributed by atoms with E-state index in [2.05, 4.69) is 5.32 Å². The summed E-state index contributed by atoms with van der Waals surface area (Å²) >= 11 is 0. The van der Waals surface area contributed by atoms with Gasteiger partial charge in [-0.2, -0.15) is 0 Å². The second-order valence-corrected chi connectivity index (χ2v) is 2.98. The Bertz CT molecular complexity index is 480. The maximum Gasteiger partial charge on any atom is 0.211 e. The van der Waals surface area contributed by atoms with Crippen molar-refractivity contribution in [2.75, 3.05) is 5.32 Å². The number of benzene rings is 2. The molecular formula is C11H9NO2. The zero-order valence-corrected chi connectivity index (χ0v) is 7.40. The largest absolute Gasteiger partial charge is 0.507 e. The van der Waals surface area contributed by atoms with Crippen LogP contribution in [-0.4, -0.2) is 11.5 Å². The monoisotopic (exact) mass is 187 g/mol. The minimum Gasteiger partial charge on any atom is -0.507 e. The SMILES string of the molecule is O=CNc1ccc2c(O)cccc2c1. The molecular weight excluding hydrogens is 178 g/mol. The number of fused-ring (bicyclic) bond motifs is 1. The van der Waals surface area contributed by atoms with Crippen molar-refractivity contribution in [1.82, 2.24) is 0 Å². The van der Waals surface area contributed by atoms with Gasteiger partial charge in [0.05, 0.1) is 0 Å². The molecule has 0 fully saturated rings. The molecule has 0 aliphatic heterocycles. The Morgan fingerprint density at radius 3 is 2.86 bits per heavy atom. The van der Waals surface area contributed by atoms with Crippen LogP contribution in [0.5, 0.6) is 5.75 Å². The first-order valence-electron chi connectivity index (χ1n) is 4.23. The van der Waals surface area contributed by atoms with Gasteiger partial charge in [0.2, 0.25) is 6.41 Å². The normalized spacial score (nSPS) is 10.0. The van der Waals surface area contributed by atoms with Crippen molar-refractivity contribution < 1.29 is 9.90 Å². The van der Waals surface area contributed by atoms with E-state index in [1.807, 2.05) is 12.1 Å². The van der Waals surface area contributed by atoms with Gasteiger partial charge in [0.1, 0.15) is 5.75 Å². The minimum atomic E-state index is 0.250. The lowest BCUT2D eigenvalue weighted by Crippen LogP contribution is -1.92. The zero-order valence-electron chi connectivity index (χ0n) is 7.40. The van der Waals surface area contributed by atoms with E-state index in [0.29, 0.717) is 6.41 Å². The maximum absolute atomic E-state index is 10.2. The van der Waals surface area contributed by atoms with Gasteiger partial charge < -0.3 is 10.4 Å². The Morgan fingerprint density at radius 2 is 2.07 bits per heavy atom. The number of phenolic OH excluding ortho intramolecular Hbond substituents is 1. The predicted octanol–water partition coefficient (Wildman–Crippen LogP) is 2.11. The summed E-state index contributed by atoms with van der Waals surface area (Å²) in [6.45, 7) is 0. The molecule has 1 amide bonds. The van der Waals surface area contributed by atoms with Crippen LogP contribution in [0.2, 0.25) is 0 Å². The summed E-state index contributed by atoms with van der Waals surface area (Å²) in [4.78, 5) is 10.2. The van der Waals surface area contributed by atoms with E-state index in [-0.39, 0.29) is 5.75 Å². The number of carbonyl (C=O) groups is 1. The number of hydrogen-bond acceptors (Lipinski definition) is 2. The number of phenols is 1. The molecule has 0 aromatic heterocycles. The van der Waals surface area contributed by atoms with Crippen molar-refractivity contribution >= 4 is 22.9 Å². The smallest absolute Gasteiger partial charge is 0.211 e. The van der Waals surface area contributed by atoms with Crippen molar-refractivity contribution in [2.24, 2.45) is 0 Å². The molecule has 0 heterocycles. The van der Waals surface area contributed by atoms with E-state index in [1.165, 1.54) is 0 Å². The van der Waals surface area contributed by atoms with Crippen LogP contribution in [-0.2, 0) is 4.79 Å². The topological polar surface area (TPSA) is 49.3 Å². The Hall–Kier alpha value is -2.03. The number of aromatic hydroxyl groups is 1. The number of amides is 1. The van der Waals surface area contributed by atoms with Gasteiger partial charge in [-0.3, -0.25) is 4.79 Å². The van der Waals surface area contributed by atoms with Gasteiger partial charge in [0.25, 0.3) is 0 Å². The van der Waals surface area contributed by atoms with Gasteiger partial charge >= 0.3 is 0 Å². The first kappa shape index (κ1) is 8.56. The molecule has 0 unspecified atom stereocenters. The average molecular weight is 187 g/mol. The molecule has 2 rings (SSSR count). The summed E-state index contributed by atoms with van der Waals surface area (Å²) in [6.07, 6.45) is 0.629. The standard InChI is InChI=1S/C11H9NO2/c13-7-12-9-4-5-10-8(6-9)2-1-3-11(10)14/h1-7,14H,(H,12,13). The molecule has 0 atom stereocenters. The van der Waals surface area contributed by atoms with Crippen molar-refractivity contribution in [3.63, 3.8) is 0 Å². The molecule has 0 aliphatic rings. The van der Waals surface area contributed by atoms with Crippen LogP contribution in [0.15, 0.2) is 36.4 Å². The summed E-state index contributed by atoms with van der Waals surface area (Å²) in [5.74, 6) is 0.250. The van der Waals surface area contributed by atoms with Crippen molar-refractivity contribution in [1.29, 1.82) is 0 Å². The summed E-state index contributed by atoms with van der Waals surface area (Å²) in [7, 11) is 0. The second kappa shape index (κ2) is 3.38. The van der Waals surface area contributed by atoms with Crippen LogP contribution in [0, 0.1) is 0 Å². The number of carbonyl (C=O) groups excluding carboxylic acids is 1. The summed E-state index contributed by atoms with van der Waals surface area (Å²) in [5, 5.41) is 13.7. The van der Waals surface area contributed by atoms with E-state index in [0.717, 1.165) is 16.5 Å². The van der Waals surface area contributed by atoms with E-state index >= 15 is 0 Å². The van der Waals surface area contributed by atoms with E-state index in [9.17, 15) is 9.90 Å². The Kier molecular flexibility index (Phi) is 2.07. The minimum absolute atomic E-state index is 0.250. The van der Waals surface area contributed by atoms with Crippen LogP contribution in [0.25, 0.3) is 10.8 Å². The second-order valence-electron chi connectivity index (χ2n) is 2.98. The van der Waals surface area contributed by atoms with E-state index in [4.69, 9.17) is 0 Å². The van der Waals surface area contributed by atoms with Gasteiger partial charge in [0.15, 0.2) is 0 Å². The van der Waals surface area contributed by atoms with E-state index < -0.39 is 0 Å². The van der Waals surface area contributed by atoms with Gasteiger partial charge in [-0.25, -0.2) is 0 Å². The number of anilines is 1. The molecule has 0 aliphatic carbocycles. The molecule has 3 nitrogen and oxygen atoms in total. The van der Waals surface area contributed by atoms with Crippen LogP contribution < -0.4 is 5.32 Å². The molecule has 0 saturated heterocycles. The first-order valence-corrected chi connectivity index (χ1v) is 4.23. The fourth-order valence-electron chi connectivity index (χ4n) is 1.42. The van der Waals surface area contributed by atoms with Gasteiger partial charge in [0, 0.05) is 11.1 Å². The van der Waals surface area contributed by atoms with Gasteiger partial charge in [-0.05, 0) is 29.7 Å². The van der Waals surface area contributed by atoms with Gasteiger partial charge in [-0.1, -0.05) is 12.1 Å². The van der Waals surface area contributed by atoms with E-state index in [1.54, 1.807) is 24.3 Å². The predicted molar refractivity (Wildman–Crippen MR) is 55.3 cm³/mol. The van der Waals surface area contributed by atoms with Crippen LogP contribution >= 0.6 is 0 Å². The summed E-state index contributed by atoms with van der Waals surface area (Å²) in [5.41, 5.74) is 0.720. The van der Waals surface area contributed by atoms with Crippen LogP contribution in [0.4, 0.5) is 5.69 Å². The first-order chi connectivity index (χ1) is 6.81. The third kappa shape index (κ3) is 1.40. The van der Waals surface area contributed by atoms with Crippen LogP contribution in [0.3, 0.4) is 0 Å². The Balaban J connectivity index is 2.61. The third-order valence-electron chi connectivity index (χ3n) is 2.08. The van der Waals surface area contributed by atoms with Gasteiger partial charge in [-0.15, -0.1) is 0 Å². The fourth-order valence-corrected chi connectivity index (χ4v) is 1.42. The highest BCUT2D eigenvalue weighted by Crippen LogP contribution is 2.26. The highest BCUT2D eigenvalue weighted by Gasteiger charge is 1.99. The average Bonchev–Trinajstić information content (AvgIpc) is 2.18. The number of nitrogens with one attached hydrogen (secondary N) is 1. The zero-order chi connectivity index (χ0) is 9.97. The fraction of sp³-hybridized carbons (Fsp3) is 0. The Morgan fingerprint density at radius 1 is 1.21 bits per heavy atom. The Labute approximate surface area is 81.0 Å². The highest BCUT2D eigenvalue weighted by molar-refractivity contribution is 5.91. The maximum atomic E-state index is 10.2. The molecule has 0 bridgehead atoms. The molecule has 3 heteroatoms. The highest BCUT2D eigenvalue weighted by atomic mass is 16.3. The van der Waals surface area contributed by atoms with Crippen LogP contribution in [0.1, 0.15) is 0 Å². The molecule has 2 aromatic rings. The summed E-state index contributed by atoms with van der Waals surface area (Å²) in [6, 6.07) is 10.6. The number of hydrogen-bond donors (Lipinski definition) is 2. The lowest BCUT2D eigenvalue weighted by Gasteiger charge is -2.03. The molecule has 14 heavy (non-hydrogen) atoms. The van der Waals surface area contributed by atoms with Crippen molar-refractivity contribution in [3.8, 4) is 5.75 Å². The lowest BCUT2D eigenvalue weighted by atomic mass is 10.1. The number of rotatable bonds is 2. The van der Waals surface area contributed by atoms with Crippen molar-refractivity contribution in [2.45, 2.75) is 0 Å². The molecule has 0 spiro atoms. The molecule has 70 valence electrons. The molecule has 0 radical (unpaired) electrons.